The molecular weight excluding hydrogens is 328 g/mol. The summed E-state index contributed by atoms with van der Waals surface area (Å²) >= 11 is 1.63. The molecule has 0 saturated carbocycles. The topological polar surface area (TPSA) is 84.3 Å². The highest BCUT2D eigenvalue weighted by molar-refractivity contribution is 7.13. The number of aryl methyl sites for hydroxylation is 1. The van der Waals surface area contributed by atoms with E-state index in [4.69, 9.17) is 0 Å². The molecule has 2 aromatic heterocycles. The molecule has 0 aliphatic carbocycles. The number of thiophene rings is 1. The summed E-state index contributed by atoms with van der Waals surface area (Å²) in [4.78, 5) is 37.0. The molecule has 7 nitrogen and oxygen atoms in total. The fourth-order valence-corrected chi connectivity index (χ4v) is 3.26. The number of rotatable bonds is 6. The van der Waals surface area contributed by atoms with Crippen molar-refractivity contribution in [2.24, 2.45) is 0 Å². The maximum atomic E-state index is 11.9. The fourth-order valence-electron chi connectivity index (χ4n) is 2.58. The first-order valence-electron chi connectivity index (χ1n) is 7.73. The van der Waals surface area contributed by atoms with Gasteiger partial charge in [-0.1, -0.05) is 6.07 Å². The van der Waals surface area contributed by atoms with Crippen molar-refractivity contribution in [1.82, 2.24) is 20.0 Å². The molecule has 126 valence electrons. The maximum Gasteiger partial charge on any atom is 0.240 e. The van der Waals surface area contributed by atoms with Crippen molar-refractivity contribution in [2.45, 2.75) is 26.3 Å². The number of hydrogen-bond donors (Lipinski definition) is 1. The monoisotopic (exact) mass is 346 g/mol. The molecule has 0 atom stereocenters. The average Bonchev–Trinajstić information content (AvgIpc) is 3.25. The van der Waals surface area contributed by atoms with Crippen LogP contribution in [0.5, 0.6) is 0 Å². The molecule has 0 aromatic carbocycles. The summed E-state index contributed by atoms with van der Waals surface area (Å²) < 4.78 is 1.83. The Morgan fingerprint density at radius 3 is 2.75 bits per heavy atom. The van der Waals surface area contributed by atoms with Gasteiger partial charge >= 0.3 is 0 Å². The van der Waals surface area contributed by atoms with Crippen molar-refractivity contribution in [3.8, 4) is 10.6 Å². The van der Waals surface area contributed by atoms with E-state index in [0.717, 1.165) is 21.2 Å². The lowest BCUT2D eigenvalue weighted by Gasteiger charge is -2.13. The van der Waals surface area contributed by atoms with Crippen LogP contribution < -0.4 is 5.32 Å². The second-order valence-electron chi connectivity index (χ2n) is 5.59. The van der Waals surface area contributed by atoms with E-state index in [-0.39, 0.29) is 37.1 Å². The zero-order chi connectivity index (χ0) is 17.1. The largest absolute Gasteiger partial charge is 0.353 e. The van der Waals surface area contributed by atoms with Gasteiger partial charge in [-0.25, -0.2) is 0 Å². The predicted molar refractivity (Wildman–Crippen MR) is 89.2 cm³/mol. The molecule has 0 bridgehead atoms. The van der Waals surface area contributed by atoms with Gasteiger partial charge in [-0.2, -0.15) is 5.10 Å². The number of nitrogens with one attached hydrogen (secondary N) is 1. The van der Waals surface area contributed by atoms with Gasteiger partial charge in [0.15, 0.2) is 0 Å². The fraction of sp³-hybridized carbons (Fsp3) is 0.375. The van der Waals surface area contributed by atoms with Crippen LogP contribution in [0.15, 0.2) is 23.6 Å². The zero-order valence-electron chi connectivity index (χ0n) is 13.3. The minimum Gasteiger partial charge on any atom is -0.353 e. The molecule has 0 radical (unpaired) electrons. The molecular formula is C16H18N4O3S. The molecule has 1 saturated heterocycles. The summed E-state index contributed by atoms with van der Waals surface area (Å²) in [6.45, 7) is 2.69. The first-order valence-corrected chi connectivity index (χ1v) is 8.61. The summed E-state index contributed by atoms with van der Waals surface area (Å²) in [5, 5.41) is 9.27. The molecule has 1 aliphatic heterocycles. The van der Waals surface area contributed by atoms with Gasteiger partial charge < -0.3 is 5.32 Å². The lowest BCUT2D eigenvalue weighted by atomic mass is 10.3. The second kappa shape index (κ2) is 6.96. The first kappa shape index (κ1) is 16.4. The number of aromatic nitrogens is 2. The lowest BCUT2D eigenvalue weighted by molar-refractivity contribution is -0.142. The minimum absolute atomic E-state index is 0.198. The van der Waals surface area contributed by atoms with E-state index in [1.54, 1.807) is 11.3 Å². The summed E-state index contributed by atoms with van der Waals surface area (Å²) in [7, 11) is 0. The highest BCUT2D eigenvalue weighted by atomic mass is 32.1. The van der Waals surface area contributed by atoms with E-state index < -0.39 is 0 Å². The lowest BCUT2D eigenvalue weighted by Crippen LogP contribution is -2.40. The molecule has 1 aliphatic rings. The van der Waals surface area contributed by atoms with Crippen LogP contribution in [0.1, 0.15) is 18.5 Å². The minimum atomic E-state index is -0.332. The molecule has 0 spiro atoms. The summed E-state index contributed by atoms with van der Waals surface area (Å²) in [6, 6.07) is 6.01. The second-order valence-corrected chi connectivity index (χ2v) is 6.54. The normalized spacial score (nSPS) is 14.5. The third-order valence-electron chi connectivity index (χ3n) is 3.86. The SMILES string of the molecule is Cc1cc(-c2cccs2)nn1CCNC(=O)CN1C(=O)CCC1=O. The van der Waals surface area contributed by atoms with Gasteiger partial charge in [0.2, 0.25) is 17.7 Å². The number of imide groups is 1. The van der Waals surface area contributed by atoms with Crippen LogP contribution in [-0.2, 0) is 20.9 Å². The van der Waals surface area contributed by atoms with Gasteiger partial charge in [0, 0.05) is 25.1 Å². The Labute approximate surface area is 143 Å². The maximum absolute atomic E-state index is 11.9. The van der Waals surface area contributed by atoms with E-state index in [1.807, 2.05) is 35.2 Å². The van der Waals surface area contributed by atoms with Crippen LogP contribution in [-0.4, -0.2) is 45.5 Å². The molecule has 8 heteroatoms. The molecule has 0 unspecified atom stereocenters. The van der Waals surface area contributed by atoms with Crippen LogP contribution in [0.2, 0.25) is 0 Å². The number of amides is 3. The van der Waals surface area contributed by atoms with Crippen LogP contribution in [0.3, 0.4) is 0 Å². The average molecular weight is 346 g/mol. The Morgan fingerprint density at radius 1 is 1.33 bits per heavy atom. The van der Waals surface area contributed by atoms with Gasteiger partial charge in [-0.15, -0.1) is 11.3 Å². The van der Waals surface area contributed by atoms with Gasteiger partial charge in [0.25, 0.3) is 0 Å². The summed E-state index contributed by atoms with van der Waals surface area (Å²) in [6.07, 6.45) is 0.397. The van der Waals surface area contributed by atoms with E-state index in [9.17, 15) is 14.4 Å². The molecule has 2 aromatic rings. The Morgan fingerprint density at radius 2 is 2.08 bits per heavy atom. The predicted octanol–water partition coefficient (Wildman–Crippen LogP) is 1.19. The van der Waals surface area contributed by atoms with E-state index in [2.05, 4.69) is 10.4 Å². The van der Waals surface area contributed by atoms with Gasteiger partial charge in [0.05, 0.1) is 11.4 Å². The Kier molecular flexibility index (Phi) is 4.75. The van der Waals surface area contributed by atoms with Crippen LogP contribution in [0, 0.1) is 6.92 Å². The standard InChI is InChI=1S/C16H18N4O3S/c1-11-9-12(13-3-2-8-24-13)18-20(11)7-6-17-14(21)10-19-15(22)4-5-16(19)23/h2-3,8-9H,4-7,10H2,1H3,(H,17,21). The molecule has 3 rings (SSSR count). The van der Waals surface area contributed by atoms with Crippen LogP contribution in [0.25, 0.3) is 10.6 Å². The highest BCUT2D eigenvalue weighted by Crippen LogP contribution is 2.23. The van der Waals surface area contributed by atoms with Gasteiger partial charge in [0.1, 0.15) is 12.2 Å². The van der Waals surface area contributed by atoms with E-state index >= 15 is 0 Å². The van der Waals surface area contributed by atoms with E-state index in [0.29, 0.717) is 13.1 Å². The quantitative estimate of drug-likeness (QED) is 0.796. The van der Waals surface area contributed by atoms with Crippen molar-refractivity contribution < 1.29 is 14.4 Å². The van der Waals surface area contributed by atoms with Crippen molar-refractivity contribution in [2.75, 3.05) is 13.1 Å². The highest BCUT2D eigenvalue weighted by Gasteiger charge is 2.30. The molecule has 24 heavy (non-hydrogen) atoms. The van der Waals surface area contributed by atoms with Crippen LogP contribution >= 0.6 is 11.3 Å². The Bertz CT molecular complexity index is 750. The number of nitrogens with zero attached hydrogens (tertiary/aromatic N) is 3. The number of carbonyl (C=O) groups excluding carboxylic acids is 3. The van der Waals surface area contributed by atoms with Crippen molar-refractivity contribution >= 4 is 29.1 Å². The number of hydrogen-bond acceptors (Lipinski definition) is 5. The molecule has 3 amide bonds. The summed E-state index contributed by atoms with van der Waals surface area (Å²) in [5.41, 5.74) is 1.93. The summed E-state index contributed by atoms with van der Waals surface area (Å²) in [5.74, 6) is -0.890. The molecule has 3 heterocycles. The smallest absolute Gasteiger partial charge is 0.240 e. The Balaban J connectivity index is 1.50. The van der Waals surface area contributed by atoms with Gasteiger partial charge in [-0.3, -0.25) is 24.0 Å². The first-order chi connectivity index (χ1) is 11.5. The van der Waals surface area contributed by atoms with Gasteiger partial charge in [-0.05, 0) is 24.4 Å². The third kappa shape index (κ3) is 3.53. The molecule has 1 fully saturated rings. The van der Waals surface area contributed by atoms with Crippen molar-refractivity contribution in [1.29, 1.82) is 0 Å². The number of carbonyl (C=O) groups is 3. The van der Waals surface area contributed by atoms with Crippen molar-refractivity contribution in [3.63, 3.8) is 0 Å². The van der Waals surface area contributed by atoms with Crippen molar-refractivity contribution in [3.05, 3.63) is 29.3 Å². The third-order valence-corrected chi connectivity index (χ3v) is 4.75. The number of likely N-dealkylation sites (tertiary alicyclic amines) is 1. The van der Waals surface area contributed by atoms with E-state index in [1.165, 1.54) is 0 Å². The zero-order valence-corrected chi connectivity index (χ0v) is 14.1. The Hall–Kier alpha value is -2.48. The van der Waals surface area contributed by atoms with Crippen LogP contribution in [0.4, 0.5) is 0 Å². The molecule has 1 N–H and O–H groups in total.